The Labute approximate surface area is 112 Å². The number of nitrogens with two attached hydrogens (primary N) is 1. The molecular formula is C15H31NO2. The lowest BCUT2D eigenvalue weighted by Crippen LogP contribution is -2.07. The Hall–Kier alpha value is -0.570. The summed E-state index contributed by atoms with van der Waals surface area (Å²) in [5, 5.41) is 0. The third-order valence-corrected chi connectivity index (χ3v) is 3.10. The van der Waals surface area contributed by atoms with E-state index in [4.69, 9.17) is 10.5 Å². The number of rotatable bonds is 13. The summed E-state index contributed by atoms with van der Waals surface area (Å²) in [5.41, 5.74) is 5.36. The van der Waals surface area contributed by atoms with Crippen molar-refractivity contribution in [2.45, 2.75) is 77.6 Å². The maximum absolute atomic E-state index is 11.3. The van der Waals surface area contributed by atoms with Gasteiger partial charge in [-0.1, -0.05) is 51.9 Å². The molecule has 0 amide bonds. The van der Waals surface area contributed by atoms with E-state index in [0.717, 1.165) is 19.3 Å². The van der Waals surface area contributed by atoms with Crippen LogP contribution >= 0.6 is 0 Å². The van der Waals surface area contributed by atoms with Gasteiger partial charge in [0.15, 0.2) is 0 Å². The summed E-state index contributed by atoms with van der Waals surface area (Å²) in [7, 11) is 0. The Morgan fingerprint density at radius 2 is 1.50 bits per heavy atom. The van der Waals surface area contributed by atoms with Crippen LogP contribution in [0.2, 0.25) is 0 Å². The van der Waals surface area contributed by atoms with Gasteiger partial charge in [0.2, 0.25) is 0 Å². The molecule has 0 radical (unpaired) electrons. The molecule has 0 aromatic heterocycles. The Balaban J connectivity index is 3.08. The molecule has 0 spiro atoms. The van der Waals surface area contributed by atoms with Crippen LogP contribution in [-0.2, 0) is 9.53 Å². The summed E-state index contributed by atoms with van der Waals surface area (Å²) in [6.07, 6.45) is 12.5. The van der Waals surface area contributed by atoms with Crippen molar-refractivity contribution in [1.29, 1.82) is 0 Å². The fourth-order valence-corrected chi connectivity index (χ4v) is 1.91. The number of carbonyl (C=O) groups excluding carboxylic acids is 1. The minimum Gasteiger partial charge on any atom is -0.466 e. The van der Waals surface area contributed by atoms with E-state index in [1.807, 2.05) is 0 Å². The van der Waals surface area contributed by atoms with Gasteiger partial charge in [-0.3, -0.25) is 4.79 Å². The van der Waals surface area contributed by atoms with Gasteiger partial charge in [-0.25, -0.2) is 0 Å². The highest BCUT2D eigenvalue weighted by Crippen LogP contribution is 2.08. The highest BCUT2D eigenvalue weighted by molar-refractivity contribution is 5.69. The fourth-order valence-electron chi connectivity index (χ4n) is 1.91. The number of ether oxygens (including phenoxy) is 1. The molecule has 0 saturated carbocycles. The van der Waals surface area contributed by atoms with E-state index in [9.17, 15) is 4.79 Å². The van der Waals surface area contributed by atoms with Gasteiger partial charge in [0.05, 0.1) is 6.61 Å². The summed E-state index contributed by atoms with van der Waals surface area (Å²) in [4.78, 5) is 11.3. The molecule has 0 aliphatic rings. The molecule has 3 nitrogen and oxygen atoms in total. The Kier molecular flexibility index (Phi) is 14.0. The lowest BCUT2D eigenvalue weighted by atomic mass is 10.1. The van der Waals surface area contributed by atoms with E-state index in [1.165, 1.54) is 44.9 Å². The lowest BCUT2D eigenvalue weighted by molar-refractivity contribution is -0.143. The zero-order chi connectivity index (χ0) is 13.5. The number of unbranched alkanes of at least 4 members (excludes halogenated alkanes) is 8. The topological polar surface area (TPSA) is 52.3 Å². The van der Waals surface area contributed by atoms with Crippen LogP contribution in [0, 0.1) is 0 Å². The van der Waals surface area contributed by atoms with E-state index in [-0.39, 0.29) is 5.97 Å². The largest absolute Gasteiger partial charge is 0.466 e. The first-order valence-corrected chi connectivity index (χ1v) is 7.67. The van der Waals surface area contributed by atoms with Crippen LogP contribution in [0.25, 0.3) is 0 Å². The van der Waals surface area contributed by atoms with E-state index in [2.05, 4.69) is 6.92 Å². The SMILES string of the molecule is CCCCCCCCCCOC(=O)CCCCN. The van der Waals surface area contributed by atoms with Gasteiger partial charge in [0, 0.05) is 6.42 Å². The summed E-state index contributed by atoms with van der Waals surface area (Å²) >= 11 is 0. The van der Waals surface area contributed by atoms with Crippen molar-refractivity contribution in [1.82, 2.24) is 0 Å². The zero-order valence-electron chi connectivity index (χ0n) is 12.1. The third-order valence-electron chi connectivity index (χ3n) is 3.10. The second kappa shape index (κ2) is 14.5. The van der Waals surface area contributed by atoms with Crippen molar-refractivity contribution in [2.24, 2.45) is 5.73 Å². The van der Waals surface area contributed by atoms with E-state index < -0.39 is 0 Å². The van der Waals surface area contributed by atoms with Crippen molar-refractivity contribution in [2.75, 3.05) is 13.2 Å². The Morgan fingerprint density at radius 3 is 2.11 bits per heavy atom. The van der Waals surface area contributed by atoms with Crippen LogP contribution in [0.1, 0.15) is 77.6 Å². The molecule has 0 fully saturated rings. The predicted octanol–water partition coefficient (Wildman–Crippen LogP) is 3.80. The average Bonchev–Trinajstić information content (AvgIpc) is 2.37. The van der Waals surface area contributed by atoms with Gasteiger partial charge in [-0.2, -0.15) is 0 Å². The van der Waals surface area contributed by atoms with Gasteiger partial charge >= 0.3 is 5.97 Å². The second-order valence-electron chi connectivity index (χ2n) is 4.94. The van der Waals surface area contributed by atoms with Crippen LogP contribution < -0.4 is 5.73 Å². The van der Waals surface area contributed by atoms with Gasteiger partial charge in [-0.05, 0) is 25.8 Å². The highest BCUT2D eigenvalue weighted by Gasteiger charge is 2.01. The smallest absolute Gasteiger partial charge is 0.305 e. The zero-order valence-corrected chi connectivity index (χ0v) is 12.1. The van der Waals surface area contributed by atoms with Crippen LogP contribution in [0.4, 0.5) is 0 Å². The molecule has 0 aliphatic heterocycles. The number of hydrogen-bond donors (Lipinski definition) is 1. The van der Waals surface area contributed by atoms with Crippen LogP contribution in [0.3, 0.4) is 0 Å². The first-order chi connectivity index (χ1) is 8.81. The molecule has 2 N–H and O–H groups in total. The quantitative estimate of drug-likeness (QED) is 0.403. The molecule has 0 rings (SSSR count). The molecule has 0 heterocycles. The first kappa shape index (κ1) is 17.4. The maximum atomic E-state index is 11.3. The molecular weight excluding hydrogens is 226 g/mol. The highest BCUT2D eigenvalue weighted by atomic mass is 16.5. The maximum Gasteiger partial charge on any atom is 0.305 e. The van der Waals surface area contributed by atoms with E-state index in [1.54, 1.807) is 0 Å². The number of esters is 1. The standard InChI is InChI=1S/C15H31NO2/c1-2-3-4-5-6-7-8-11-14-18-15(17)12-9-10-13-16/h2-14,16H2,1H3. The molecule has 0 unspecified atom stereocenters. The summed E-state index contributed by atoms with van der Waals surface area (Å²) in [5.74, 6) is -0.0635. The first-order valence-electron chi connectivity index (χ1n) is 7.67. The van der Waals surface area contributed by atoms with Crippen molar-refractivity contribution in [3.8, 4) is 0 Å². The molecule has 18 heavy (non-hydrogen) atoms. The van der Waals surface area contributed by atoms with Crippen molar-refractivity contribution < 1.29 is 9.53 Å². The van der Waals surface area contributed by atoms with Crippen molar-refractivity contribution in [3.63, 3.8) is 0 Å². The summed E-state index contributed by atoms with van der Waals surface area (Å²) < 4.78 is 5.15. The summed E-state index contributed by atoms with van der Waals surface area (Å²) in [6, 6.07) is 0. The molecule has 3 heteroatoms. The van der Waals surface area contributed by atoms with Gasteiger partial charge in [0.25, 0.3) is 0 Å². The molecule has 0 aliphatic carbocycles. The summed E-state index contributed by atoms with van der Waals surface area (Å²) in [6.45, 7) is 3.49. The van der Waals surface area contributed by atoms with Crippen LogP contribution in [0.15, 0.2) is 0 Å². The van der Waals surface area contributed by atoms with Crippen LogP contribution in [0.5, 0.6) is 0 Å². The Morgan fingerprint density at radius 1 is 0.889 bits per heavy atom. The normalized spacial score (nSPS) is 10.6. The van der Waals surface area contributed by atoms with Gasteiger partial charge in [0.1, 0.15) is 0 Å². The predicted molar refractivity (Wildman–Crippen MR) is 76.5 cm³/mol. The monoisotopic (exact) mass is 257 g/mol. The Bertz CT molecular complexity index is 183. The second-order valence-corrected chi connectivity index (χ2v) is 4.94. The number of carbonyl (C=O) groups is 1. The molecule has 0 aromatic rings. The molecule has 0 bridgehead atoms. The minimum atomic E-state index is -0.0635. The van der Waals surface area contributed by atoms with Crippen LogP contribution in [-0.4, -0.2) is 19.1 Å². The molecule has 0 atom stereocenters. The molecule has 0 aromatic carbocycles. The van der Waals surface area contributed by atoms with Gasteiger partial charge in [-0.15, -0.1) is 0 Å². The molecule has 0 saturated heterocycles. The van der Waals surface area contributed by atoms with E-state index in [0.29, 0.717) is 19.6 Å². The van der Waals surface area contributed by atoms with Crippen molar-refractivity contribution in [3.05, 3.63) is 0 Å². The average molecular weight is 257 g/mol. The fraction of sp³-hybridized carbons (Fsp3) is 0.933. The number of hydrogen-bond acceptors (Lipinski definition) is 3. The third kappa shape index (κ3) is 13.5. The lowest BCUT2D eigenvalue weighted by Gasteiger charge is -2.04. The van der Waals surface area contributed by atoms with E-state index >= 15 is 0 Å². The van der Waals surface area contributed by atoms with Crippen molar-refractivity contribution >= 4 is 5.97 Å². The minimum absolute atomic E-state index is 0.0635. The van der Waals surface area contributed by atoms with Gasteiger partial charge < -0.3 is 10.5 Å². The molecule has 108 valence electrons.